The van der Waals surface area contributed by atoms with E-state index in [1.54, 1.807) is 23.2 Å². The minimum Gasteiger partial charge on any atom is -0.364 e. The maximum Gasteiger partial charge on any atom is 0.259 e. The van der Waals surface area contributed by atoms with Crippen LogP contribution in [0.4, 0.5) is 5.69 Å². The van der Waals surface area contributed by atoms with E-state index in [-0.39, 0.29) is 11.8 Å². The summed E-state index contributed by atoms with van der Waals surface area (Å²) in [4.78, 5) is 29.5. The number of nitrogens with zero attached hydrogens (tertiary/aromatic N) is 3. The molecule has 4 rings (SSSR count). The molecule has 1 spiro atoms. The first kappa shape index (κ1) is 15.4. The van der Waals surface area contributed by atoms with Gasteiger partial charge in [0.05, 0.1) is 16.8 Å². The Morgan fingerprint density at radius 1 is 1.38 bits per heavy atom. The molecule has 0 saturated carbocycles. The van der Waals surface area contributed by atoms with Gasteiger partial charge in [-0.3, -0.25) is 9.59 Å². The zero-order valence-corrected chi connectivity index (χ0v) is 14.3. The number of likely N-dealkylation sites (tertiary alicyclic amines) is 1. The van der Waals surface area contributed by atoms with Crippen molar-refractivity contribution in [2.75, 3.05) is 24.5 Å². The molecule has 2 aromatic rings. The number of aryl methyl sites for hydroxylation is 1. The summed E-state index contributed by atoms with van der Waals surface area (Å²) >= 11 is 1.59. The van der Waals surface area contributed by atoms with Crippen LogP contribution in [0.15, 0.2) is 27.6 Å². The summed E-state index contributed by atoms with van der Waals surface area (Å²) < 4.78 is 4.89. The first-order valence-corrected chi connectivity index (χ1v) is 9.09. The number of amides is 2. The molecule has 6 nitrogen and oxygen atoms in total. The van der Waals surface area contributed by atoms with Gasteiger partial charge in [-0.25, -0.2) is 0 Å². The number of hydrogen-bond donors (Lipinski definition) is 0. The van der Waals surface area contributed by atoms with E-state index >= 15 is 0 Å². The molecule has 126 valence electrons. The summed E-state index contributed by atoms with van der Waals surface area (Å²) in [5, 5.41) is 7.77. The topological polar surface area (TPSA) is 66.7 Å². The van der Waals surface area contributed by atoms with Crippen molar-refractivity contribution in [3.8, 4) is 0 Å². The second-order valence-electron chi connectivity index (χ2n) is 6.61. The van der Waals surface area contributed by atoms with Crippen molar-refractivity contribution < 1.29 is 14.1 Å². The molecule has 2 aromatic heterocycles. The standard InChI is InChI=1S/C17H19N3O3S/c1-12-14(9-23-18-12)15(21)19-6-2-4-17(11-19)5-7-20(16(17)22)13-3-8-24-10-13/h3,8-10H,2,4-7,11H2,1H3. The third-order valence-electron chi connectivity index (χ3n) is 5.18. The molecule has 2 aliphatic rings. The molecule has 4 heterocycles. The molecule has 0 N–H and O–H groups in total. The highest BCUT2D eigenvalue weighted by atomic mass is 32.1. The molecule has 1 atom stereocenters. The monoisotopic (exact) mass is 345 g/mol. The Bertz CT molecular complexity index is 770. The number of carbonyl (C=O) groups is 2. The smallest absolute Gasteiger partial charge is 0.259 e. The lowest BCUT2D eigenvalue weighted by Crippen LogP contribution is -2.50. The summed E-state index contributed by atoms with van der Waals surface area (Å²) in [6.45, 7) is 3.65. The van der Waals surface area contributed by atoms with Crippen LogP contribution in [0.25, 0.3) is 0 Å². The lowest BCUT2D eigenvalue weighted by atomic mass is 9.78. The van der Waals surface area contributed by atoms with Crippen LogP contribution in [-0.4, -0.2) is 41.5 Å². The predicted molar refractivity (Wildman–Crippen MR) is 90.1 cm³/mol. The molecule has 7 heteroatoms. The number of thiophene rings is 1. The van der Waals surface area contributed by atoms with Crippen molar-refractivity contribution in [2.24, 2.45) is 5.41 Å². The molecular formula is C17H19N3O3S. The van der Waals surface area contributed by atoms with Gasteiger partial charge in [0, 0.05) is 25.0 Å². The van der Waals surface area contributed by atoms with Crippen LogP contribution in [-0.2, 0) is 4.79 Å². The minimum atomic E-state index is -0.444. The van der Waals surface area contributed by atoms with Crippen LogP contribution in [0.5, 0.6) is 0 Å². The first-order valence-electron chi connectivity index (χ1n) is 8.15. The van der Waals surface area contributed by atoms with Crippen molar-refractivity contribution in [3.63, 3.8) is 0 Å². The van der Waals surface area contributed by atoms with Crippen LogP contribution >= 0.6 is 11.3 Å². The second-order valence-corrected chi connectivity index (χ2v) is 7.39. The van der Waals surface area contributed by atoms with Crippen molar-refractivity contribution in [1.29, 1.82) is 0 Å². The van der Waals surface area contributed by atoms with Gasteiger partial charge in [0.15, 0.2) is 0 Å². The van der Waals surface area contributed by atoms with E-state index in [4.69, 9.17) is 4.52 Å². The molecule has 0 aromatic carbocycles. The molecular weight excluding hydrogens is 326 g/mol. The Morgan fingerprint density at radius 3 is 2.96 bits per heavy atom. The van der Waals surface area contributed by atoms with E-state index in [0.29, 0.717) is 24.3 Å². The van der Waals surface area contributed by atoms with Crippen LogP contribution in [0.1, 0.15) is 35.3 Å². The van der Waals surface area contributed by atoms with Crippen LogP contribution in [0.3, 0.4) is 0 Å². The lowest BCUT2D eigenvalue weighted by molar-refractivity contribution is -0.127. The van der Waals surface area contributed by atoms with E-state index in [2.05, 4.69) is 5.16 Å². The number of carbonyl (C=O) groups excluding carboxylic acids is 2. The highest BCUT2D eigenvalue weighted by Gasteiger charge is 2.50. The predicted octanol–water partition coefficient (Wildman–Crippen LogP) is 2.70. The molecule has 2 saturated heterocycles. The molecule has 0 aliphatic carbocycles. The van der Waals surface area contributed by atoms with E-state index in [0.717, 1.165) is 31.5 Å². The zero-order valence-electron chi connectivity index (χ0n) is 13.5. The zero-order chi connectivity index (χ0) is 16.7. The number of rotatable bonds is 2. The van der Waals surface area contributed by atoms with Gasteiger partial charge < -0.3 is 14.3 Å². The Balaban J connectivity index is 1.56. The van der Waals surface area contributed by atoms with E-state index < -0.39 is 5.41 Å². The number of anilines is 1. The Labute approximate surface area is 144 Å². The highest BCUT2D eigenvalue weighted by Crippen LogP contribution is 2.42. The SMILES string of the molecule is Cc1nocc1C(=O)N1CCCC2(CCN(c3ccsc3)C2=O)C1. The average Bonchev–Trinajstić information content (AvgIpc) is 3.31. The average molecular weight is 345 g/mol. The molecule has 2 aliphatic heterocycles. The quantitative estimate of drug-likeness (QED) is 0.839. The third-order valence-corrected chi connectivity index (χ3v) is 5.85. The first-order chi connectivity index (χ1) is 11.6. The Kier molecular flexibility index (Phi) is 3.68. The van der Waals surface area contributed by atoms with Crippen LogP contribution in [0.2, 0.25) is 0 Å². The van der Waals surface area contributed by atoms with Crippen molar-refractivity contribution >= 4 is 28.8 Å². The number of piperidine rings is 1. The van der Waals surface area contributed by atoms with Gasteiger partial charge >= 0.3 is 0 Å². The molecule has 1 unspecified atom stereocenters. The maximum atomic E-state index is 13.1. The largest absolute Gasteiger partial charge is 0.364 e. The van der Waals surface area contributed by atoms with E-state index in [1.165, 1.54) is 6.26 Å². The Morgan fingerprint density at radius 2 is 2.25 bits per heavy atom. The normalized spacial score (nSPS) is 24.1. The fraction of sp³-hybridized carbons (Fsp3) is 0.471. The third kappa shape index (κ3) is 2.34. The molecule has 2 fully saturated rings. The minimum absolute atomic E-state index is 0.0883. The summed E-state index contributed by atoms with van der Waals surface area (Å²) in [5.74, 6) is 0.0649. The maximum absolute atomic E-state index is 13.1. The van der Waals surface area contributed by atoms with Gasteiger partial charge in [-0.1, -0.05) is 5.16 Å². The van der Waals surface area contributed by atoms with Crippen LogP contribution < -0.4 is 4.90 Å². The summed E-state index contributed by atoms with van der Waals surface area (Å²) in [7, 11) is 0. The van der Waals surface area contributed by atoms with Crippen molar-refractivity contribution in [2.45, 2.75) is 26.2 Å². The van der Waals surface area contributed by atoms with E-state index in [9.17, 15) is 9.59 Å². The van der Waals surface area contributed by atoms with Gasteiger partial charge in [0.2, 0.25) is 5.91 Å². The summed E-state index contributed by atoms with van der Waals surface area (Å²) in [6, 6.07) is 1.98. The highest BCUT2D eigenvalue weighted by molar-refractivity contribution is 7.08. The fourth-order valence-corrected chi connectivity index (χ4v) is 4.47. The second kappa shape index (κ2) is 5.73. The molecule has 2 amide bonds. The van der Waals surface area contributed by atoms with Gasteiger partial charge in [0.1, 0.15) is 11.8 Å². The van der Waals surface area contributed by atoms with Gasteiger partial charge in [-0.15, -0.1) is 0 Å². The fourth-order valence-electron chi connectivity index (χ4n) is 3.83. The van der Waals surface area contributed by atoms with Crippen molar-refractivity contribution in [3.05, 3.63) is 34.3 Å². The van der Waals surface area contributed by atoms with Gasteiger partial charge in [-0.2, -0.15) is 11.3 Å². The molecule has 24 heavy (non-hydrogen) atoms. The Hall–Kier alpha value is -2.15. The number of hydrogen-bond acceptors (Lipinski definition) is 5. The van der Waals surface area contributed by atoms with Gasteiger partial charge in [0.25, 0.3) is 5.91 Å². The lowest BCUT2D eigenvalue weighted by Gasteiger charge is -2.38. The van der Waals surface area contributed by atoms with Crippen LogP contribution in [0, 0.1) is 12.3 Å². The van der Waals surface area contributed by atoms with E-state index in [1.807, 2.05) is 21.7 Å². The molecule has 0 bridgehead atoms. The van der Waals surface area contributed by atoms with Crippen molar-refractivity contribution in [1.82, 2.24) is 10.1 Å². The number of aromatic nitrogens is 1. The summed E-state index contributed by atoms with van der Waals surface area (Å²) in [5.41, 5.74) is 1.62. The summed E-state index contributed by atoms with van der Waals surface area (Å²) in [6.07, 6.45) is 3.89. The molecule has 0 radical (unpaired) electrons. The van der Waals surface area contributed by atoms with Gasteiger partial charge in [-0.05, 0) is 37.6 Å².